The van der Waals surface area contributed by atoms with Crippen LogP contribution in [0.3, 0.4) is 0 Å². The first-order valence-corrected chi connectivity index (χ1v) is 4.79. The molecule has 0 aliphatic carbocycles. The van der Waals surface area contributed by atoms with Crippen molar-refractivity contribution in [1.29, 1.82) is 0 Å². The van der Waals surface area contributed by atoms with Gasteiger partial charge in [0.1, 0.15) is 5.01 Å². The van der Waals surface area contributed by atoms with Gasteiger partial charge in [0.25, 0.3) is 5.91 Å². The van der Waals surface area contributed by atoms with E-state index in [1.54, 1.807) is 7.05 Å². The predicted molar refractivity (Wildman–Crippen MR) is 52.0 cm³/mol. The Balaban J connectivity index is 2.93. The normalized spacial score (nSPS) is 11.4. The molecule has 5 heteroatoms. The van der Waals surface area contributed by atoms with Gasteiger partial charge in [-0.05, 0) is 11.5 Å². The predicted octanol–water partition coefficient (Wildman–Crippen LogP) is 1.20. The first-order chi connectivity index (χ1) is 5.95. The SMILES string of the molecule is CNC(=O)c1nsc(C(C)(C)C)n1. The van der Waals surface area contributed by atoms with Crippen LogP contribution in [0.1, 0.15) is 36.4 Å². The summed E-state index contributed by atoms with van der Waals surface area (Å²) in [5.74, 6) is 0.0316. The second kappa shape index (κ2) is 3.41. The summed E-state index contributed by atoms with van der Waals surface area (Å²) in [6.45, 7) is 6.13. The molecule has 0 radical (unpaired) electrons. The van der Waals surface area contributed by atoms with Crippen molar-refractivity contribution in [2.45, 2.75) is 26.2 Å². The van der Waals surface area contributed by atoms with Gasteiger partial charge in [-0.3, -0.25) is 4.79 Å². The van der Waals surface area contributed by atoms with E-state index in [2.05, 4.69) is 14.7 Å². The first-order valence-electron chi connectivity index (χ1n) is 4.01. The molecule has 0 saturated heterocycles. The zero-order valence-corrected chi connectivity index (χ0v) is 9.03. The van der Waals surface area contributed by atoms with Gasteiger partial charge >= 0.3 is 0 Å². The maximum absolute atomic E-state index is 11.1. The van der Waals surface area contributed by atoms with Gasteiger partial charge in [-0.2, -0.15) is 4.37 Å². The van der Waals surface area contributed by atoms with Gasteiger partial charge < -0.3 is 5.32 Å². The monoisotopic (exact) mass is 199 g/mol. The number of hydrogen-bond acceptors (Lipinski definition) is 4. The second-order valence-electron chi connectivity index (χ2n) is 3.75. The van der Waals surface area contributed by atoms with Gasteiger partial charge in [0, 0.05) is 12.5 Å². The van der Waals surface area contributed by atoms with Crippen molar-refractivity contribution in [3.63, 3.8) is 0 Å². The Morgan fingerprint density at radius 2 is 2.08 bits per heavy atom. The summed E-state index contributed by atoms with van der Waals surface area (Å²) >= 11 is 1.28. The number of nitrogens with one attached hydrogen (secondary N) is 1. The molecule has 0 bridgehead atoms. The van der Waals surface area contributed by atoms with Crippen molar-refractivity contribution >= 4 is 17.4 Å². The van der Waals surface area contributed by atoms with E-state index in [9.17, 15) is 4.79 Å². The van der Waals surface area contributed by atoms with Crippen LogP contribution in [0, 0.1) is 0 Å². The zero-order chi connectivity index (χ0) is 10.1. The van der Waals surface area contributed by atoms with Crippen molar-refractivity contribution in [3.05, 3.63) is 10.8 Å². The highest BCUT2D eigenvalue weighted by atomic mass is 32.1. The van der Waals surface area contributed by atoms with E-state index in [0.29, 0.717) is 0 Å². The van der Waals surface area contributed by atoms with Gasteiger partial charge in [-0.15, -0.1) is 0 Å². The van der Waals surface area contributed by atoms with Gasteiger partial charge in [-0.1, -0.05) is 20.8 Å². The lowest BCUT2D eigenvalue weighted by atomic mass is 9.98. The van der Waals surface area contributed by atoms with Crippen LogP contribution in [0.2, 0.25) is 0 Å². The lowest BCUT2D eigenvalue weighted by Crippen LogP contribution is -2.20. The average Bonchev–Trinajstić information content (AvgIpc) is 2.50. The number of nitrogens with zero attached hydrogens (tertiary/aromatic N) is 2. The van der Waals surface area contributed by atoms with E-state index in [-0.39, 0.29) is 17.1 Å². The van der Waals surface area contributed by atoms with Crippen LogP contribution < -0.4 is 5.32 Å². The van der Waals surface area contributed by atoms with Crippen LogP contribution in [-0.2, 0) is 5.41 Å². The lowest BCUT2D eigenvalue weighted by Gasteiger charge is -2.12. The Morgan fingerprint density at radius 1 is 1.46 bits per heavy atom. The zero-order valence-electron chi connectivity index (χ0n) is 8.21. The molecule has 13 heavy (non-hydrogen) atoms. The summed E-state index contributed by atoms with van der Waals surface area (Å²) in [5, 5.41) is 3.37. The van der Waals surface area contributed by atoms with Crippen molar-refractivity contribution < 1.29 is 4.79 Å². The fraction of sp³-hybridized carbons (Fsp3) is 0.625. The molecule has 0 aliphatic rings. The Hall–Kier alpha value is -0.970. The Kier molecular flexibility index (Phi) is 2.66. The maximum Gasteiger partial charge on any atom is 0.289 e. The molecule has 0 spiro atoms. The van der Waals surface area contributed by atoms with E-state index in [1.807, 2.05) is 20.8 Å². The smallest absolute Gasteiger partial charge is 0.289 e. The number of aromatic nitrogens is 2. The molecule has 0 aromatic carbocycles. The number of carbonyl (C=O) groups is 1. The van der Waals surface area contributed by atoms with Crippen molar-refractivity contribution in [1.82, 2.24) is 14.7 Å². The fourth-order valence-corrected chi connectivity index (χ4v) is 1.43. The number of carbonyl (C=O) groups excluding carboxylic acids is 1. The Morgan fingerprint density at radius 3 is 2.46 bits per heavy atom. The van der Waals surface area contributed by atoms with Crippen LogP contribution in [0.15, 0.2) is 0 Å². The van der Waals surface area contributed by atoms with E-state index in [0.717, 1.165) is 5.01 Å². The number of amides is 1. The summed E-state index contributed by atoms with van der Waals surface area (Å²) in [5.41, 5.74) is -0.0378. The standard InChI is InChI=1S/C8H13N3OS/c1-8(2,3)7-10-5(11-13-7)6(12)9-4/h1-4H3,(H,9,12). The maximum atomic E-state index is 11.1. The molecule has 1 aromatic rings. The second-order valence-corrected chi connectivity index (χ2v) is 4.50. The minimum absolute atomic E-state index is 0.0378. The molecular weight excluding hydrogens is 186 g/mol. The van der Waals surface area contributed by atoms with E-state index in [4.69, 9.17) is 0 Å². The van der Waals surface area contributed by atoms with Crippen LogP contribution in [0.5, 0.6) is 0 Å². The van der Waals surface area contributed by atoms with Crippen LogP contribution in [0.4, 0.5) is 0 Å². The molecule has 1 heterocycles. The van der Waals surface area contributed by atoms with Gasteiger partial charge in [0.05, 0.1) is 0 Å². The quantitative estimate of drug-likeness (QED) is 0.739. The van der Waals surface area contributed by atoms with Crippen LogP contribution >= 0.6 is 11.5 Å². The minimum Gasteiger partial charge on any atom is -0.352 e. The largest absolute Gasteiger partial charge is 0.352 e. The topological polar surface area (TPSA) is 54.9 Å². The van der Waals surface area contributed by atoms with Gasteiger partial charge in [0.2, 0.25) is 5.82 Å². The molecule has 1 amide bonds. The Bertz CT molecular complexity index is 313. The molecule has 0 fully saturated rings. The molecule has 4 nitrogen and oxygen atoms in total. The third kappa shape index (κ3) is 2.24. The summed E-state index contributed by atoms with van der Waals surface area (Å²) < 4.78 is 3.97. The van der Waals surface area contributed by atoms with Crippen molar-refractivity contribution in [2.75, 3.05) is 7.05 Å². The summed E-state index contributed by atoms with van der Waals surface area (Å²) in [4.78, 5) is 15.3. The summed E-state index contributed by atoms with van der Waals surface area (Å²) in [7, 11) is 1.57. The fourth-order valence-electron chi connectivity index (χ4n) is 0.732. The van der Waals surface area contributed by atoms with Crippen molar-refractivity contribution in [3.8, 4) is 0 Å². The lowest BCUT2D eigenvalue weighted by molar-refractivity contribution is 0.0954. The molecular formula is C8H13N3OS. The molecule has 1 N–H and O–H groups in total. The molecule has 1 aromatic heterocycles. The molecule has 0 saturated carbocycles. The highest BCUT2D eigenvalue weighted by Crippen LogP contribution is 2.23. The molecule has 0 unspecified atom stereocenters. The number of hydrogen-bond donors (Lipinski definition) is 1. The summed E-state index contributed by atoms with van der Waals surface area (Å²) in [6, 6.07) is 0. The van der Waals surface area contributed by atoms with Crippen molar-refractivity contribution in [2.24, 2.45) is 0 Å². The third-order valence-electron chi connectivity index (χ3n) is 1.50. The van der Waals surface area contributed by atoms with Gasteiger partial charge in [-0.25, -0.2) is 4.98 Å². The molecule has 0 atom stereocenters. The highest BCUT2D eigenvalue weighted by molar-refractivity contribution is 7.05. The molecule has 1 rings (SSSR count). The van der Waals surface area contributed by atoms with Crippen LogP contribution in [-0.4, -0.2) is 22.3 Å². The number of rotatable bonds is 1. The van der Waals surface area contributed by atoms with E-state index >= 15 is 0 Å². The van der Waals surface area contributed by atoms with Crippen LogP contribution in [0.25, 0.3) is 0 Å². The average molecular weight is 199 g/mol. The highest BCUT2D eigenvalue weighted by Gasteiger charge is 2.21. The molecule has 0 aliphatic heterocycles. The summed E-state index contributed by atoms with van der Waals surface area (Å²) in [6.07, 6.45) is 0. The molecule has 72 valence electrons. The Labute approximate surface area is 81.6 Å². The first kappa shape index (κ1) is 10.1. The third-order valence-corrected chi connectivity index (χ3v) is 2.64. The van der Waals surface area contributed by atoms with Gasteiger partial charge in [0.15, 0.2) is 0 Å². The van der Waals surface area contributed by atoms with E-state index < -0.39 is 0 Å². The van der Waals surface area contributed by atoms with E-state index in [1.165, 1.54) is 11.5 Å². The minimum atomic E-state index is -0.230.